The maximum absolute atomic E-state index is 5.05. The van der Waals surface area contributed by atoms with Gasteiger partial charge in [0.2, 0.25) is 11.9 Å². The Labute approximate surface area is 109 Å². The van der Waals surface area contributed by atoms with Crippen LogP contribution in [0.1, 0.15) is 27.7 Å². The van der Waals surface area contributed by atoms with Gasteiger partial charge in [0.15, 0.2) is 0 Å². The SMILES string of the molecule is CCNc1nc(NCC(C)C(C)C)nc(OC)n1. The van der Waals surface area contributed by atoms with E-state index >= 15 is 0 Å². The molecule has 0 fully saturated rings. The lowest BCUT2D eigenvalue weighted by atomic mass is 9.98. The fraction of sp³-hybridized carbons (Fsp3) is 0.750. The number of anilines is 2. The van der Waals surface area contributed by atoms with Crippen LogP contribution in [0.5, 0.6) is 6.01 Å². The molecule has 0 aromatic carbocycles. The van der Waals surface area contributed by atoms with Crippen LogP contribution in [0, 0.1) is 11.8 Å². The number of rotatable bonds is 7. The predicted octanol–water partition coefficient (Wildman–Crippen LogP) is 2.02. The van der Waals surface area contributed by atoms with E-state index in [1.165, 1.54) is 0 Å². The Bertz CT molecular complexity index is 369. The number of methoxy groups -OCH3 is 1. The molecule has 0 saturated heterocycles. The molecule has 6 heteroatoms. The summed E-state index contributed by atoms with van der Waals surface area (Å²) in [5.41, 5.74) is 0. The molecule has 1 unspecified atom stereocenters. The summed E-state index contributed by atoms with van der Waals surface area (Å²) in [4.78, 5) is 12.6. The first-order valence-corrected chi connectivity index (χ1v) is 6.34. The molecule has 102 valence electrons. The van der Waals surface area contributed by atoms with Crippen molar-refractivity contribution >= 4 is 11.9 Å². The zero-order valence-electron chi connectivity index (χ0n) is 11.8. The van der Waals surface area contributed by atoms with Crippen molar-refractivity contribution in [1.29, 1.82) is 0 Å². The molecule has 0 amide bonds. The van der Waals surface area contributed by atoms with E-state index < -0.39 is 0 Å². The molecule has 1 heterocycles. The zero-order chi connectivity index (χ0) is 13.5. The van der Waals surface area contributed by atoms with Gasteiger partial charge in [-0.2, -0.15) is 15.0 Å². The molecule has 0 aliphatic carbocycles. The average Bonchev–Trinajstić information content (AvgIpc) is 2.35. The Hall–Kier alpha value is -1.59. The van der Waals surface area contributed by atoms with Crippen molar-refractivity contribution in [3.8, 4) is 6.01 Å². The minimum Gasteiger partial charge on any atom is -0.467 e. The first-order valence-electron chi connectivity index (χ1n) is 6.34. The fourth-order valence-corrected chi connectivity index (χ4v) is 1.25. The van der Waals surface area contributed by atoms with Crippen LogP contribution >= 0.6 is 0 Å². The highest BCUT2D eigenvalue weighted by molar-refractivity contribution is 5.35. The lowest BCUT2D eigenvalue weighted by molar-refractivity contribution is 0.379. The molecule has 1 atom stereocenters. The lowest BCUT2D eigenvalue weighted by Crippen LogP contribution is -2.18. The van der Waals surface area contributed by atoms with Crippen LogP contribution in [0.15, 0.2) is 0 Å². The highest BCUT2D eigenvalue weighted by Crippen LogP contribution is 2.13. The lowest BCUT2D eigenvalue weighted by Gasteiger charge is -2.16. The van der Waals surface area contributed by atoms with Crippen molar-refractivity contribution in [1.82, 2.24) is 15.0 Å². The number of hydrogen-bond donors (Lipinski definition) is 2. The van der Waals surface area contributed by atoms with Gasteiger partial charge in [-0.15, -0.1) is 0 Å². The number of nitrogens with one attached hydrogen (secondary N) is 2. The van der Waals surface area contributed by atoms with Gasteiger partial charge < -0.3 is 15.4 Å². The topological polar surface area (TPSA) is 72.0 Å². The predicted molar refractivity (Wildman–Crippen MR) is 73.0 cm³/mol. The summed E-state index contributed by atoms with van der Waals surface area (Å²) in [6, 6.07) is 0.320. The number of nitrogens with zero attached hydrogens (tertiary/aromatic N) is 3. The van der Waals surface area contributed by atoms with E-state index in [0.29, 0.717) is 29.7 Å². The minimum absolute atomic E-state index is 0.320. The largest absolute Gasteiger partial charge is 0.467 e. The minimum atomic E-state index is 0.320. The van der Waals surface area contributed by atoms with Crippen molar-refractivity contribution in [3.63, 3.8) is 0 Å². The molecule has 0 radical (unpaired) electrons. The third-order valence-corrected chi connectivity index (χ3v) is 2.85. The molecular formula is C12H23N5O. The molecule has 1 aromatic heterocycles. The normalized spacial score (nSPS) is 12.3. The second kappa shape index (κ2) is 6.98. The van der Waals surface area contributed by atoms with Crippen LogP contribution in [-0.2, 0) is 0 Å². The van der Waals surface area contributed by atoms with E-state index in [0.717, 1.165) is 13.1 Å². The molecular weight excluding hydrogens is 230 g/mol. The summed E-state index contributed by atoms with van der Waals surface area (Å²) in [6.07, 6.45) is 0. The van der Waals surface area contributed by atoms with E-state index in [1.54, 1.807) is 7.11 Å². The Morgan fingerprint density at radius 2 is 1.67 bits per heavy atom. The first-order chi connectivity index (χ1) is 8.56. The van der Waals surface area contributed by atoms with E-state index in [4.69, 9.17) is 4.74 Å². The standard InChI is InChI=1S/C12H23N5O/c1-6-13-10-15-11(17-12(16-10)18-5)14-7-9(4)8(2)3/h8-9H,6-7H2,1-5H3,(H2,13,14,15,16,17). The Morgan fingerprint density at radius 1 is 1.06 bits per heavy atom. The average molecular weight is 253 g/mol. The first kappa shape index (κ1) is 14.5. The van der Waals surface area contributed by atoms with E-state index in [9.17, 15) is 0 Å². The van der Waals surface area contributed by atoms with Crippen molar-refractivity contribution < 1.29 is 4.74 Å². The van der Waals surface area contributed by atoms with Crippen molar-refractivity contribution in [2.75, 3.05) is 30.8 Å². The summed E-state index contributed by atoms with van der Waals surface area (Å²) < 4.78 is 5.05. The molecule has 6 nitrogen and oxygen atoms in total. The van der Waals surface area contributed by atoms with Gasteiger partial charge in [0.25, 0.3) is 0 Å². The van der Waals surface area contributed by atoms with Crippen LogP contribution in [0.2, 0.25) is 0 Å². The maximum atomic E-state index is 5.05. The maximum Gasteiger partial charge on any atom is 0.322 e. The van der Waals surface area contributed by atoms with Gasteiger partial charge in [0, 0.05) is 13.1 Å². The summed E-state index contributed by atoms with van der Waals surface area (Å²) in [5, 5.41) is 6.27. The highest BCUT2D eigenvalue weighted by atomic mass is 16.5. The molecule has 0 aliphatic heterocycles. The monoisotopic (exact) mass is 253 g/mol. The van der Waals surface area contributed by atoms with Gasteiger partial charge in [0.05, 0.1) is 7.11 Å². The van der Waals surface area contributed by atoms with Gasteiger partial charge in [-0.05, 0) is 18.8 Å². The number of ether oxygens (including phenoxy) is 1. The van der Waals surface area contributed by atoms with Gasteiger partial charge in [-0.25, -0.2) is 0 Å². The van der Waals surface area contributed by atoms with Gasteiger partial charge in [-0.1, -0.05) is 20.8 Å². The zero-order valence-corrected chi connectivity index (χ0v) is 11.8. The van der Waals surface area contributed by atoms with Crippen LogP contribution in [0.25, 0.3) is 0 Å². The molecule has 1 aromatic rings. The van der Waals surface area contributed by atoms with Gasteiger partial charge in [0.1, 0.15) is 0 Å². The van der Waals surface area contributed by atoms with Crippen molar-refractivity contribution in [2.45, 2.75) is 27.7 Å². The molecule has 0 saturated carbocycles. The Balaban J connectivity index is 2.71. The molecule has 0 bridgehead atoms. The van der Waals surface area contributed by atoms with Crippen LogP contribution in [0.3, 0.4) is 0 Å². The smallest absolute Gasteiger partial charge is 0.322 e. The quantitative estimate of drug-likeness (QED) is 0.774. The Morgan fingerprint density at radius 3 is 2.17 bits per heavy atom. The second-order valence-corrected chi connectivity index (χ2v) is 4.60. The second-order valence-electron chi connectivity index (χ2n) is 4.60. The number of aromatic nitrogens is 3. The van der Waals surface area contributed by atoms with Crippen LogP contribution in [-0.4, -0.2) is 35.2 Å². The van der Waals surface area contributed by atoms with Gasteiger partial charge >= 0.3 is 6.01 Å². The van der Waals surface area contributed by atoms with Crippen LogP contribution < -0.4 is 15.4 Å². The van der Waals surface area contributed by atoms with Crippen LogP contribution in [0.4, 0.5) is 11.9 Å². The molecule has 0 aliphatic rings. The van der Waals surface area contributed by atoms with Crippen molar-refractivity contribution in [3.05, 3.63) is 0 Å². The fourth-order valence-electron chi connectivity index (χ4n) is 1.25. The third-order valence-electron chi connectivity index (χ3n) is 2.85. The molecule has 1 rings (SSSR count). The van der Waals surface area contributed by atoms with E-state index in [1.807, 2.05) is 6.92 Å². The Kier molecular flexibility index (Phi) is 5.61. The summed E-state index contributed by atoms with van der Waals surface area (Å²) >= 11 is 0. The third kappa shape index (κ3) is 4.35. The summed E-state index contributed by atoms with van der Waals surface area (Å²) in [5.74, 6) is 2.25. The van der Waals surface area contributed by atoms with E-state index in [2.05, 4.69) is 46.4 Å². The summed E-state index contributed by atoms with van der Waals surface area (Å²) in [7, 11) is 1.55. The highest BCUT2D eigenvalue weighted by Gasteiger charge is 2.10. The van der Waals surface area contributed by atoms with E-state index in [-0.39, 0.29) is 0 Å². The van der Waals surface area contributed by atoms with Gasteiger partial charge in [-0.3, -0.25) is 0 Å². The van der Waals surface area contributed by atoms with Crippen molar-refractivity contribution in [2.24, 2.45) is 11.8 Å². The summed E-state index contributed by atoms with van der Waals surface area (Å²) in [6.45, 7) is 10.2. The molecule has 0 spiro atoms. The molecule has 18 heavy (non-hydrogen) atoms. The number of hydrogen-bond acceptors (Lipinski definition) is 6. The molecule has 2 N–H and O–H groups in total.